The molecule has 28 heavy (non-hydrogen) atoms. The van der Waals surface area contributed by atoms with Crippen LogP contribution in [0.4, 0.5) is 15.0 Å². The first kappa shape index (κ1) is 21.5. The van der Waals surface area contributed by atoms with Crippen molar-refractivity contribution in [2.24, 2.45) is 5.92 Å². The second kappa shape index (κ2) is 9.40. The largest absolute Gasteiger partial charge is 0.465 e. The van der Waals surface area contributed by atoms with Crippen molar-refractivity contribution >= 4 is 40.9 Å². The molecule has 0 bridgehead atoms. The number of nitrogens with zero attached hydrogens (tertiary/aromatic N) is 2. The van der Waals surface area contributed by atoms with Gasteiger partial charge in [0.1, 0.15) is 11.6 Å². The Morgan fingerprint density at radius 2 is 1.93 bits per heavy atom. The number of carbonyl (C=O) groups is 3. The third kappa shape index (κ3) is 5.84. The predicted octanol–water partition coefficient (Wildman–Crippen LogP) is 0.969. The van der Waals surface area contributed by atoms with Gasteiger partial charge in [-0.1, -0.05) is 12.2 Å². The second-order valence-electron chi connectivity index (χ2n) is 6.69. The molecule has 1 fully saturated rings. The van der Waals surface area contributed by atoms with E-state index in [1.807, 2.05) is 0 Å². The molecule has 0 aromatic carbocycles. The first-order chi connectivity index (χ1) is 13.2. The molecule has 2 rings (SSSR count). The number of pyridine rings is 1. The Kier molecular flexibility index (Phi) is 7.21. The van der Waals surface area contributed by atoms with Crippen LogP contribution in [0, 0.1) is 11.7 Å². The summed E-state index contributed by atoms with van der Waals surface area (Å²) in [7, 11) is 3.30. The van der Waals surface area contributed by atoms with Gasteiger partial charge in [0.25, 0.3) is 5.91 Å². The Morgan fingerprint density at radius 1 is 1.21 bits per heavy atom. The minimum Gasteiger partial charge on any atom is -0.465 e. The number of amides is 3. The fourth-order valence-electron chi connectivity index (χ4n) is 3.11. The lowest BCUT2D eigenvalue weighted by molar-refractivity contribution is -0.134. The molecular formula is C17H22FN5O4S. The number of hydrogen-bond acceptors (Lipinski definition) is 5. The van der Waals surface area contributed by atoms with Crippen LogP contribution < -0.4 is 16.0 Å². The smallest absolute Gasteiger partial charge is 0.404 e. The van der Waals surface area contributed by atoms with E-state index in [1.165, 1.54) is 11.0 Å². The van der Waals surface area contributed by atoms with Gasteiger partial charge in [0, 0.05) is 26.1 Å². The molecule has 1 aliphatic carbocycles. The van der Waals surface area contributed by atoms with E-state index in [0.717, 1.165) is 12.3 Å². The van der Waals surface area contributed by atoms with E-state index < -0.39 is 29.9 Å². The van der Waals surface area contributed by atoms with E-state index in [0.29, 0.717) is 19.3 Å². The van der Waals surface area contributed by atoms with Gasteiger partial charge < -0.3 is 26.0 Å². The van der Waals surface area contributed by atoms with Gasteiger partial charge in [0.2, 0.25) is 5.91 Å². The minimum atomic E-state index is -1.22. The zero-order chi connectivity index (χ0) is 20.8. The number of carboxylic acid groups (broad SMARTS) is 1. The molecule has 11 heteroatoms. The summed E-state index contributed by atoms with van der Waals surface area (Å²) in [5, 5.41) is 16.8. The highest BCUT2D eigenvalue weighted by Gasteiger charge is 2.36. The molecule has 3 atom stereocenters. The maximum atomic E-state index is 12.9. The third-order valence-corrected chi connectivity index (χ3v) is 4.74. The molecule has 4 N–H and O–H groups in total. The molecule has 1 heterocycles. The van der Waals surface area contributed by atoms with Gasteiger partial charge >= 0.3 is 6.09 Å². The first-order valence-corrected chi connectivity index (χ1v) is 9.02. The predicted molar refractivity (Wildman–Crippen MR) is 103 cm³/mol. The maximum absolute atomic E-state index is 12.9. The molecule has 0 radical (unpaired) electrons. The lowest BCUT2D eigenvalue weighted by Crippen LogP contribution is -2.56. The number of nitrogens with one attached hydrogen (secondary N) is 3. The summed E-state index contributed by atoms with van der Waals surface area (Å²) in [6.07, 6.45) is 1.03. The van der Waals surface area contributed by atoms with Crippen molar-refractivity contribution in [3.05, 3.63) is 24.1 Å². The van der Waals surface area contributed by atoms with Crippen molar-refractivity contribution in [2.75, 3.05) is 19.4 Å². The van der Waals surface area contributed by atoms with Crippen molar-refractivity contribution in [2.45, 2.75) is 31.3 Å². The van der Waals surface area contributed by atoms with Gasteiger partial charge in [-0.2, -0.15) is 0 Å². The molecule has 3 amide bonds. The molecular weight excluding hydrogens is 389 g/mol. The molecule has 1 aromatic heterocycles. The lowest BCUT2D eigenvalue weighted by atomic mass is 9.81. The highest BCUT2D eigenvalue weighted by atomic mass is 32.1. The average Bonchev–Trinajstić information content (AvgIpc) is 2.63. The summed E-state index contributed by atoms with van der Waals surface area (Å²) in [5.74, 6) is -1.43. The fourth-order valence-corrected chi connectivity index (χ4v) is 3.31. The van der Waals surface area contributed by atoms with E-state index >= 15 is 0 Å². The van der Waals surface area contributed by atoms with Crippen LogP contribution in [0.3, 0.4) is 0 Å². The van der Waals surface area contributed by atoms with Crippen molar-refractivity contribution in [1.82, 2.24) is 20.5 Å². The molecule has 9 nitrogen and oxygen atoms in total. The second-order valence-corrected chi connectivity index (χ2v) is 7.10. The lowest BCUT2D eigenvalue weighted by Gasteiger charge is -2.37. The number of rotatable bonds is 4. The number of carbonyl (C=O) groups excluding carboxylic acids is 2. The van der Waals surface area contributed by atoms with Crippen LogP contribution in [0.15, 0.2) is 18.3 Å². The van der Waals surface area contributed by atoms with Crippen LogP contribution in [-0.4, -0.2) is 64.1 Å². The van der Waals surface area contributed by atoms with Gasteiger partial charge in [-0.05, 0) is 31.4 Å². The fraction of sp³-hybridized carbons (Fsp3) is 0.471. The van der Waals surface area contributed by atoms with Crippen LogP contribution >= 0.6 is 12.2 Å². The Labute approximate surface area is 166 Å². The number of anilines is 1. The van der Waals surface area contributed by atoms with Crippen molar-refractivity contribution < 1.29 is 23.9 Å². The Balaban J connectivity index is 2.00. The zero-order valence-corrected chi connectivity index (χ0v) is 16.3. The Hall–Kier alpha value is -2.82. The maximum Gasteiger partial charge on any atom is 0.404 e. The number of halogens is 1. The molecule has 1 aromatic rings. The summed E-state index contributed by atoms with van der Waals surface area (Å²) in [6.45, 7) is 0. The van der Waals surface area contributed by atoms with Crippen LogP contribution in [0.5, 0.6) is 0 Å². The molecule has 0 spiro atoms. The summed E-state index contributed by atoms with van der Waals surface area (Å²) < 4.78 is 12.9. The molecule has 152 valence electrons. The molecule has 2 unspecified atom stereocenters. The van der Waals surface area contributed by atoms with Crippen LogP contribution in [0.2, 0.25) is 0 Å². The van der Waals surface area contributed by atoms with Crippen LogP contribution in [0.1, 0.15) is 19.3 Å². The van der Waals surface area contributed by atoms with Crippen molar-refractivity contribution in [3.63, 3.8) is 0 Å². The van der Waals surface area contributed by atoms with E-state index in [1.54, 1.807) is 14.1 Å². The Morgan fingerprint density at radius 3 is 2.50 bits per heavy atom. The minimum absolute atomic E-state index is 0.0710. The number of aromatic nitrogens is 1. The first-order valence-electron chi connectivity index (χ1n) is 8.61. The molecule has 1 saturated carbocycles. The Bertz CT molecular complexity index is 758. The number of thiocarbonyl (C=S) groups is 1. The summed E-state index contributed by atoms with van der Waals surface area (Å²) in [5.41, 5.74) is 0. The van der Waals surface area contributed by atoms with Gasteiger partial charge in [-0.25, -0.2) is 14.2 Å². The van der Waals surface area contributed by atoms with Crippen molar-refractivity contribution in [3.8, 4) is 0 Å². The van der Waals surface area contributed by atoms with Gasteiger partial charge in [-0.15, -0.1) is 0 Å². The summed E-state index contributed by atoms with van der Waals surface area (Å²) in [4.78, 5) is 40.6. The molecule has 1 aliphatic rings. The topological polar surface area (TPSA) is 124 Å². The normalized spacial score (nSPS) is 21.3. The quantitative estimate of drug-likeness (QED) is 0.544. The monoisotopic (exact) mass is 411 g/mol. The van der Waals surface area contributed by atoms with Gasteiger partial charge in [0.15, 0.2) is 4.99 Å². The highest BCUT2D eigenvalue weighted by molar-refractivity contribution is 7.82. The van der Waals surface area contributed by atoms with E-state index in [2.05, 4.69) is 20.9 Å². The average molecular weight is 411 g/mol. The van der Waals surface area contributed by atoms with E-state index in [-0.39, 0.29) is 22.6 Å². The number of hydrogen-bond donors (Lipinski definition) is 4. The third-order valence-electron chi connectivity index (χ3n) is 4.44. The molecule has 0 aliphatic heterocycles. The van der Waals surface area contributed by atoms with Gasteiger partial charge in [-0.3, -0.25) is 9.59 Å². The van der Waals surface area contributed by atoms with Gasteiger partial charge in [0.05, 0.1) is 12.2 Å². The summed E-state index contributed by atoms with van der Waals surface area (Å²) >= 11 is 5.10. The summed E-state index contributed by atoms with van der Waals surface area (Å²) in [6, 6.07) is 1.41. The standard InChI is InChI=1S/C17H22FN5O4S/c1-23(2)16(25)9-3-5-11(12(7-9)21-17(26)27)20-15(28)14(24)22-13-6-4-10(18)8-19-13/h4,6,8-9,11-12,21H,3,5,7H2,1-2H3,(H,20,28)(H,26,27)(H,19,22,24)/t9-,11?,12?/m0/s1. The van der Waals surface area contributed by atoms with E-state index in [4.69, 9.17) is 17.3 Å². The SMILES string of the molecule is CN(C)C(=O)[C@H]1CCC(NC(=S)C(=O)Nc2ccc(F)cn2)C(NC(=O)O)C1. The van der Waals surface area contributed by atoms with E-state index in [9.17, 15) is 18.8 Å². The van der Waals surface area contributed by atoms with Crippen molar-refractivity contribution in [1.29, 1.82) is 0 Å². The van der Waals surface area contributed by atoms with Crippen LogP contribution in [0.25, 0.3) is 0 Å². The zero-order valence-electron chi connectivity index (χ0n) is 15.4. The molecule has 0 saturated heterocycles. The van der Waals surface area contributed by atoms with Crippen LogP contribution in [-0.2, 0) is 9.59 Å². The highest BCUT2D eigenvalue weighted by Crippen LogP contribution is 2.26.